The molecule has 152 valence electrons. The number of carbonyl (C=O) groups excluding carboxylic acids is 1. The van der Waals surface area contributed by atoms with Gasteiger partial charge in [0.05, 0.1) is 13.0 Å². The number of hydrogen-bond acceptors (Lipinski definition) is 2. The molecule has 0 atom stereocenters. The molecule has 3 rings (SSSR count). The number of benzene rings is 2. The molecule has 0 aliphatic heterocycles. The lowest BCUT2D eigenvalue weighted by Gasteiger charge is -2.12. The highest BCUT2D eigenvalue weighted by Crippen LogP contribution is 2.20. The molecule has 0 bridgehead atoms. The molecule has 2 aromatic carbocycles. The smallest absolute Gasteiger partial charge is 0.486 e. The summed E-state index contributed by atoms with van der Waals surface area (Å²) >= 11 is 0. The lowest BCUT2D eigenvalue weighted by molar-refractivity contribution is -0.114. The van der Waals surface area contributed by atoms with E-state index in [9.17, 15) is 22.1 Å². The van der Waals surface area contributed by atoms with Gasteiger partial charge in [-0.05, 0) is 16.3 Å². The van der Waals surface area contributed by atoms with Crippen LogP contribution in [0.2, 0.25) is 0 Å². The van der Waals surface area contributed by atoms with Gasteiger partial charge in [-0.3, -0.25) is 4.79 Å². The third kappa shape index (κ3) is 6.93. The molecule has 0 fully saturated rings. The fourth-order valence-corrected chi connectivity index (χ4v) is 2.76. The maximum absolute atomic E-state index is 11.3. The molecule has 0 unspecified atom stereocenters. The van der Waals surface area contributed by atoms with E-state index in [4.69, 9.17) is 16.0 Å². The van der Waals surface area contributed by atoms with Gasteiger partial charge in [0.25, 0.3) is 0 Å². The van der Waals surface area contributed by atoms with Crippen LogP contribution in [0.4, 0.5) is 17.3 Å². The van der Waals surface area contributed by atoms with Gasteiger partial charge in [0, 0.05) is 18.1 Å². The summed E-state index contributed by atoms with van der Waals surface area (Å²) in [5.41, 5.74) is 16.3. The SMILES string of the molecule is F[B-](F)(F)F.[N-]=[N+]=C1CC=C(C(N)=O)C=C1OCCc1cccc2ccccc12. The van der Waals surface area contributed by atoms with Crippen molar-refractivity contribution in [3.63, 3.8) is 0 Å². The Balaban J connectivity index is 0.000000537. The summed E-state index contributed by atoms with van der Waals surface area (Å²) in [6.07, 6.45) is 4.15. The minimum atomic E-state index is -6.00. The molecule has 1 aliphatic rings. The Morgan fingerprint density at radius 1 is 1.14 bits per heavy atom. The highest BCUT2D eigenvalue weighted by atomic mass is 19.5. The van der Waals surface area contributed by atoms with Gasteiger partial charge < -0.3 is 33.3 Å². The van der Waals surface area contributed by atoms with Crippen LogP contribution in [-0.4, -0.2) is 30.3 Å². The molecule has 1 aliphatic carbocycles. The molecular formula is C19H17BF4N3O2-. The van der Waals surface area contributed by atoms with Crippen molar-refractivity contribution in [1.29, 1.82) is 0 Å². The standard InChI is InChI=1S/C19H17N3O2.BF4/c20-19(23)15-8-9-17(22-21)18(12-15)24-11-10-14-6-3-5-13-4-1-2-7-16(13)14;2-1(3,4)5/h1-8,12H,9-11H2,(H2,20,23);/q;-1. The topological polar surface area (TPSA) is 88.7 Å². The zero-order chi connectivity index (χ0) is 21.4. The van der Waals surface area contributed by atoms with E-state index in [1.54, 1.807) is 6.08 Å². The number of rotatable bonds is 5. The van der Waals surface area contributed by atoms with Crippen molar-refractivity contribution in [3.8, 4) is 0 Å². The normalized spacial score (nSPS) is 13.6. The first-order valence-electron chi connectivity index (χ1n) is 8.58. The third-order valence-electron chi connectivity index (χ3n) is 4.00. The van der Waals surface area contributed by atoms with Crippen molar-refractivity contribution in [1.82, 2.24) is 0 Å². The second kappa shape index (κ2) is 9.70. The predicted octanol–water partition coefficient (Wildman–Crippen LogP) is 4.07. The van der Waals surface area contributed by atoms with E-state index in [1.807, 2.05) is 18.2 Å². The van der Waals surface area contributed by atoms with E-state index in [1.165, 1.54) is 22.4 Å². The maximum atomic E-state index is 11.3. The zero-order valence-electron chi connectivity index (χ0n) is 15.2. The van der Waals surface area contributed by atoms with Gasteiger partial charge in [-0.25, -0.2) is 0 Å². The molecule has 0 radical (unpaired) electrons. The van der Waals surface area contributed by atoms with E-state index < -0.39 is 13.2 Å². The molecular weight excluding hydrogens is 389 g/mol. The van der Waals surface area contributed by atoms with E-state index in [-0.39, 0.29) is 0 Å². The van der Waals surface area contributed by atoms with Crippen LogP contribution in [0.3, 0.4) is 0 Å². The van der Waals surface area contributed by atoms with E-state index in [0.29, 0.717) is 36.5 Å². The molecule has 0 saturated heterocycles. The van der Waals surface area contributed by atoms with Gasteiger partial charge in [-0.1, -0.05) is 48.5 Å². The second-order valence-corrected chi connectivity index (χ2v) is 6.01. The van der Waals surface area contributed by atoms with E-state index in [0.717, 1.165) is 0 Å². The summed E-state index contributed by atoms with van der Waals surface area (Å²) in [7, 11) is -6.00. The highest BCUT2D eigenvalue weighted by Gasteiger charge is 2.23. The van der Waals surface area contributed by atoms with E-state index in [2.05, 4.69) is 29.1 Å². The Kier molecular flexibility index (Phi) is 7.33. The van der Waals surface area contributed by atoms with Crippen LogP contribution in [0.1, 0.15) is 12.0 Å². The van der Waals surface area contributed by atoms with Gasteiger partial charge in [-0.15, -0.1) is 0 Å². The lowest BCUT2D eigenvalue weighted by atomic mass is 10.0. The molecule has 29 heavy (non-hydrogen) atoms. The predicted molar refractivity (Wildman–Crippen MR) is 102 cm³/mol. The Hall–Kier alpha value is -3.39. The first kappa shape index (κ1) is 21.9. The molecule has 0 saturated carbocycles. The molecule has 1 amide bonds. The van der Waals surface area contributed by atoms with Crippen molar-refractivity contribution < 1.29 is 31.6 Å². The minimum absolute atomic E-state index is 0.314. The van der Waals surface area contributed by atoms with Crippen LogP contribution in [-0.2, 0) is 16.0 Å². The minimum Gasteiger partial charge on any atom is -0.486 e. The Bertz CT molecular complexity index is 1000. The average Bonchev–Trinajstić information content (AvgIpc) is 2.66. The molecule has 0 spiro atoms. The van der Waals surface area contributed by atoms with Crippen LogP contribution < -0.4 is 5.73 Å². The third-order valence-corrected chi connectivity index (χ3v) is 4.00. The number of carbonyl (C=O) groups is 1. The Morgan fingerprint density at radius 2 is 1.79 bits per heavy atom. The first-order chi connectivity index (χ1) is 13.7. The fourth-order valence-electron chi connectivity index (χ4n) is 2.76. The van der Waals surface area contributed by atoms with Crippen molar-refractivity contribution in [3.05, 3.63) is 77.0 Å². The van der Waals surface area contributed by atoms with Crippen LogP contribution in [0, 0.1) is 0 Å². The summed E-state index contributed by atoms with van der Waals surface area (Å²) in [4.78, 5) is 14.5. The molecule has 0 aromatic heterocycles. The average molecular weight is 406 g/mol. The number of primary amides is 1. The summed E-state index contributed by atoms with van der Waals surface area (Å²) in [5, 5.41) is 2.37. The number of nitrogens with zero attached hydrogens (tertiary/aromatic N) is 2. The van der Waals surface area contributed by atoms with Gasteiger partial charge >= 0.3 is 13.0 Å². The number of allylic oxidation sites excluding steroid dienone is 2. The van der Waals surface area contributed by atoms with Crippen molar-refractivity contribution in [2.24, 2.45) is 5.73 Å². The van der Waals surface area contributed by atoms with E-state index >= 15 is 0 Å². The summed E-state index contributed by atoms with van der Waals surface area (Å²) in [5.74, 6) is -0.142. The first-order valence-corrected chi connectivity index (χ1v) is 8.58. The van der Waals surface area contributed by atoms with Crippen molar-refractivity contribution >= 4 is 29.6 Å². The maximum Gasteiger partial charge on any atom is 0.673 e. The molecule has 5 nitrogen and oxygen atoms in total. The molecule has 10 heteroatoms. The van der Waals surface area contributed by atoms with Gasteiger partial charge in [0.2, 0.25) is 11.7 Å². The van der Waals surface area contributed by atoms with Crippen LogP contribution in [0.5, 0.6) is 0 Å². The van der Waals surface area contributed by atoms with Crippen LogP contribution >= 0.6 is 0 Å². The van der Waals surface area contributed by atoms with Crippen molar-refractivity contribution in [2.75, 3.05) is 6.61 Å². The molecule has 2 N–H and O–H groups in total. The summed E-state index contributed by atoms with van der Waals surface area (Å²) in [6, 6.07) is 14.3. The van der Waals surface area contributed by atoms with Crippen LogP contribution in [0.15, 0.2) is 65.9 Å². The highest BCUT2D eigenvalue weighted by molar-refractivity contribution is 6.50. The number of hydrogen-bond donors (Lipinski definition) is 1. The Labute approximate surface area is 164 Å². The molecule has 0 heterocycles. The Morgan fingerprint density at radius 3 is 2.45 bits per heavy atom. The number of amides is 1. The molecule has 2 aromatic rings. The van der Waals surface area contributed by atoms with Crippen LogP contribution in [0.25, 0.3) is 16.3 Å². The summed E-state index contributed by atoms with van der Waals surface area (Å²) < 4.78 is 44.7. The number of nitrogens with two attached hydrogens (primary N) is 1. The largest absolute Gasteiger partial charge is 0.673 e. The summed E-state index contributed by atoms with van der Waals surface area (Å²) in [6.45, 7) is 0.408. The van der Waals surface area contributed by atoms with Gasteiger partial charge in [0.15, 0.2) is 0 Å². The van der Waals surface area contributed by atoms with Crippen molar-refractivity contribution in [2.45, 2.75) is 12.8 Å². The fraction of sp³-hybridized carbons (Fsp3) is 0.158. The number of fused-ring (bicyclic) bond motifs is 1. The zero-order valence-corrected chi connectivity index (χ0v) is 15.2. The number of ether oxygens (including phenoxy) is 1. The monoisotopic (exact) mass is 406 g/mol. The van der Waals surface area contributed by atoms with Gasteiger partial charge in [-0.2, -0.15) is 4.79 Å². The quantitative estimate of drug-likeness (QED) is 0.351. The number of halogens is 4. The second-order valence-electron chi connectivity index (χ2n) is 6.01. The van der Waals surface area contributed by atoms with Gasteiger partial charge in [0.1, 0.15) is 0 Å². The lowest BCUT2D eigenvalue weighted by Crippen LogP contribution is -2.19.